The van der Waals surface area contributed by atoms with E-state index in [4.69, 9.17) is 0 Å². The summed E-state index contributed by atoms with van der Waals surface area (Å²) in [6, 6.07) is 4.55. The molecule has 0 spiro atoms. The molecule has 1 aromatic rings. The van der Waals surface area contributed by atoms with Crippen LogP contribution in [0, 0.1) is 20.8 Å². The van der Waals surface area contributed by atoms with E-state index in [1.165, 1.54) is 22.3 Å². The maximum absolute atomic E-state index is 4.20. The van der Waals surface area contributed by atoms with Crippen molar-refractivity contribution in [3.05, 3.63) is 34.4 Å². The van der Waals surface area contributed by atoms with E-state index in [9.17, 15) is 0 Å². The van der Waals surface area contributed by atoms with Crippen LogP contribution in [0.15, 0.2) is 12.1 Å². The quantitative estimate of drug-likeness (QED) is 0.572. The van der Waals surface area contributed by atoms with Crippen molar-refractivity contribution >= 4 is 12.6 Å². The second kappa shape index (κ2) is 6.97. The van der Waals surface area contributed by atoms with Crippen LogP contribution in [0.1, 0.15) is 28.7 Å². The average molecular weight is 237 g/mol. The first kappa shape index (κ1) is 13.6. The molecule has 1 N–H and O–H groups in total. The Kier molecular flexibility index (Phi) is 5.93. The zero-order chi connectivity index (χ0) is 12.0. The summed E-state index contributed by atoms with van der Waals surface area (Å²) in [5.74, 6) is 0.968. The Morgan fingerprint density at radius 1 is 1.06 bits per heavy atom. The van der Waals surface area contributed by atoms with E-state index in [2.05, 4.69) is 50.8 Å². The van der Waals surface area contributed by atoms with E-state index in [-0.39, 0.29) is 0 Å². The molecule has 0 aromatic heterocycles. The largest absolute Gasteiger partial charge is 0.316 e. The molecule has 2 heteroatoms. The van der Waals surface area contributed by atoms with Crippen molar-refractivity contribution in [2.45, 2.75) is 33.6 Å². The molecular formula is C14H23NS. The fourth-order valence-corrected chi connectivity index (χ4v) is 2.30. The topological polar surface area (TPSA) is 12.0 Å². The van der Waals surface area contributed by atoms with Gasteiger partial charge in [-0.3, -0.25) is 0 Å². The molecule has 90 valence electrons. The third-order valence-electron chi connectivity index (χ3n) is 2.90. The molecule has 16 heavy (non-hydrogen) atoms. The Morgan fingerprint density at radius 3 is 2.25 bits per heavy atom. The Hall–Kier alpha value is -0.470. The summed E-state index contributed by atoms with van der Waals surface area (Å²) in [6.07, 6.45) is 2.28. The van der Waals surface area contributed by atoms with Gasteiger partial charge in [0.2, 0.25) is 0 Å². The van der Waals surface area contributed by atoms with Crippen molar-refractivity contribution in [1.29, 1.82) is 0 Å². The molecule has 1 rings (SSSR count). The molecule has 0 bridgehead atoms. The summed E-state index contributed by atoms with van der Waals surface area (Å²) in [4.78, 5) is 0. The Morgan fingerprint density at radius 2 is 1.69 bits per heavy atom. The number of aryl methyl sites for hydroxylation is 3. The van der Waals surface area contributed by atoms with Crippen LogP contribution in [-0.4, -0.2) is 18.8 Å². The monoisotopic (exact) mass is 237 g/mol. The highest BCUT2D eigenvalue weighted by Gasteiger charge is 2.02. The maximum atomic E-state index is 4.20. The van der Waals surface area contributed by atoms with Gasteiger partial charge in [0.15, 0.2) is 0 Å². The number of benzene rings is 1. The lowest BCUT2D eigenvalue weighted by Gasteiger charge is -2.11. The van der Waals surface area contributed by atoms with Gasteiger partial charge in [0.25, 0.3) is 0 Å². The van der Waals surface area contributed by atoms with Gasteiger partial charge in [0, 0.05) is 0 Å². The summed E-state index contributed by atoms with van der Waals surface area (Å²) in [5.41, 5.74) is 5.72. The number of rotatable bonds is 6. The zero-order valence-electron chi connectivity index (χ0n) is 10.6. The molecule has 0 fully saturated rings. The first-order chi connectivity index (χ1) is 7.65. The molecule has 0 saturated carbocycles. The van der Waals surface area contributed by atoms with Crippen molar-refractivity contribution < 1.29 is 0 Å². The highest BCUT2D eigenvalue weighted by molar-refractivity contribution is 7.80. The third kappa shape index (κ3) is 4.18. The number of thiol groups is 1. The van der Waals surface area contributed by atoms with E-state index in [0.29, 0.717) is 0 Å². The fourth-order valence-electron chi connectivity index (χ4n) is 2.15. The summed E-state index contributed by atoms with van der Waals surface area (Å²) in [7, 11) is 0. The van der Waals surface area contributed by atoms with Crippen molar-refractivity contribution in [1.82, 2.24) is 5.32 Å². The molecule has 0 heterocycles. The minimum Gasteiger partial charge on any atom is -0.316 e. The van der Waals surface area contributed by atoms with E-state index >= 15 is 0 Å². The normalized spacial score (nSPS) is 10.8. The molecule has 0 unspecified atom stereocenters. The molecule has 0 saturated heterocycles. The summed E-state index contributed by atoms with van der Waals surface area (Å²) in [5, 5.41) is 3.45. The SMILES string of the molecule is Cc1cc(C)c(CCNCCCS)c(C)c1. The molecular weight excluding hydrogens is 214 g/mol. The maximum Gasteiger partial charge on any atom is -0.000815 e. The predicted octanol–water partition coefficient (Wildman–Crippen LogP) is 3.06. The van der Waals surface area contributed by atoms with E-state index in [0.717, 1.165) is 31.7 Å². The highest BCUT2D eigenvalue weighted by Crippen LogP contribution is 2.16. The van der Waals surface area contributed by atoms with Crippen molar-refractivity contribution in [2.24, 2.45) is 0 Å². The van der Waals surface area contributed by atoms with E-state index in [1.807, 2.05) is 0 Å². The minimum absolute atomic E-state index is 0.968. The number of hydrogen-bond acceptors (Lipinski definition) is 2. The number of nitrogens with one attached hydrogen (secondary N) is 1. The van der Waals surface area contributed by atoms with Gasteiger partial charge in [-0.1, -0.05) is 17.7 Å². The zero-order valence-corrected chi connectivity index (χ0v) is 11.5. The lowest BCUT2D eigenvalue weighted by Crippen LogP contribution is -2.19. The van der Waals surface area contributed by atoms with Gasteiger partial charge in [-0.15, -0.1) is 0 Å². The smallest absolute Gasteiger partial charge is 0.000815 e. The van der Waals surface area contributed by atoms with Gasteiger partial charge in [-0.25, -0.2) is 0 Å². The van der Waals surface area contributed by atoms with Gasteiger partial charge in [-0.05, 0) is 69.1 Å². The van der Waals surface area contributed by atoms with Gasteiger partial charge >= 0.3 is 0 Å². The van der Waals surface area contributed by atoms with Crippen LogP contribution in [0.25, 0.3) is 0 Å². The summed E-state index contributed by atoms with van der Waals surface area (Å²) < 4.78 is 0. The molecule has 0 amide bonds. The molecule has 0 radical (unpaired) electrons. The molecule has 0 aliphatic carbocycles. The highest BCUT2D eigenvalue weighted by atomic mass is 32.1. The second-order valence-electron chi connectivity index (χ2n) is 4.45. The number of hydrogen-bond donors (Lipinski definition) is 2. The first-order valence-electron chi connectivity index (χ1n) is 6.03. The summed E-state index contributed by atoms with van der Waals surface area (Å²) >= 11 is 4.20. The predicted molar refractivity (Wildman–Crippen MR) is 75.7 cm³/mol. The van der Waals surface area contributed by atoms with Crippen LogP contribution in [0.4, 0.5) is 0 Å². The second-order valence-corrected chi connectivity index (χ2v) is 4.90. The molecule has 1 aromatic carbocycles. The van der Waals surface area contributed by atoms with Crippen LogP contribution >= 0.6 is 12.6 Å². The van der Waals surface area contributed by atoms with E-state index in [1.54, 1.807) is 0 Å². The van der Waals surface area contributed by atoms with Crippen LogP contribution in [-0.2, 0) is 6.42 Å². The van der Waals surface area contributed by atoms with Crippen molar-refractivity contribution in [3.8, 4) is 0 Å². The van der Waals surface area contributed by atoms with Gasteiger partial charge in [0.1, 0.15) is 0 Å². The Balaban J connectivity index is 2.47. The van der Waals surface area contributed by atoms with Crippen molar-refractivity contribution in [3.63, 3.8) is 0 Å². The third-order valence-corrected chi connectivity index (χ3v) is 3.22. The van der Waals surface area contributed by atoms with Gasteiger partial charge in [-0.2, -0.15) is 12.6 Å². The van der Waals surface area contributed by atoms with Crippen LogP contribution in [0.5, 0.6) is 0 Å². The van der Waals surface area contributed by atoms with Crippen LogP contribution in [0.3, 0.4) is 0 Å². The molecule has 0 atom stereocenters. The molecule has 0 aliphatic rings. The molecule has 1 nitrogen and oxygen atoms in total. The Labute approximate surface area is 105 Å². The van der Waals surface area contributed by atoms with Gasteiger partial charge < -0.3 is 5.32 Å². The van der Waals surface area contributed by atoms with Crippen LogP contribution < -0.4 is 5.32 Å². The fraction of sp³-hybridized carbons (Fsp3) is 0.571. The average Bonchev–Trinajstić information content (AvgIpc) is 2.20. The van der Waals surface area contributed by atoms with Crippen molar-refractivity contribution in [2.75, 3.05) is 18.8 Å². The van der Waals surface area contributed by atoms with E-state index < -0.39 is 0 Å². The lowest BCUT2D eigenvalue weighted by molar-refractivity contribution is 0.672. The first-order valence-corrected chi connectivity index (χ1v) is 6.66. The lowest BCUT2D eigenvalue weighted by atomic mass is 9.97. The summed E-state index contributed by atoms with van der Waals surface area (Å²) in [6.45, 7) is 8.73. The Bertz CT molecular complexity index is 311. The minimum atomic E-state index is 0.968. The van der Waals surface area contributed by atoms with Gasteiger partial charge in [0.05, 0.1) is 0 Å². The standard InChI is InChI=1S/C14H23NS/c1-11-9-12(2)14(13(3)10-11)5-7-15-6-4-8-16/h9-10,15-16H,4-8H2,1-3H3. The van der Waals surface area contributed by atoms with Crippen LogP contribution in [0.2, 0.25) is 0 Å². The molecule has 0 aliphatic heterocycles.